The van der Waals surface area contributed by atoms with Crippen LogP contribution in [-0.4, -0.2) is 38.0 Å². The third-order valence-corrected chi connectivity index (χ3v) is 3.85. The summed E-state index contributed by atoms with van der Waals surface area (Å²) in [7, 11) is 1.38. The summed E-state index contributed by atoms with van der Waals surface area (Å²) in [6, 6.07) is 9.32. The lowest BCUT2D eigenvalue weighted by Crippen LogP contribution is -2.22. The van der Waals surface area contributed by atoms with Gasteiger partial charge in [-0.3, -0.25) is 14.4 Å². The number of anilines is 1. The van der Waals surface area contributed by atoms with E-state index in [9.17, 15) is 14.4 Å². The molecule has 0 heterocycles. The zero-order valence-corrected chi connectivity index (χ0v) is 16.1. The van der Waals surface area contributed by atoms with Gasteiger partial charge in [0, 0.05) is 23.4 Å². The van der Waals surface area contributed by atoms with E-state index in [4.69, 9.17) is 26.8 Å². The molecule has 2 aromatic rings. The van der Waals surface area contributed by atoms with Gasteiger partial charge in [-0.1, -0.05) is 17.7 Å². The first-order valence-corrected chi connectivity index (χ1v) is 8.71. The first kappa shape index (κ1) is 21.0. The molecule has 0 bridgehead atoms. The number of carbonyl (C=O) groups excluding carboxylic acids is 3. The van der Waals surface area contributed by atoms with Crippen LogP contribution in [0.3, 0.4) is 0 Å². The minimum Gasteiger partial charge on any atom is -0.493 e. The van der Waals surface area contributed by atoms with Gasteiger partial charge in [-0.25, -0.2) is 0 Å². The lowest BCUT2D eigenvalue weighted by Gasteiger charge is -2.13. The summed E-state index contributed by atoms with van der Waals surface area (Å²) in [6.07, 6.45) is 0. The van der Waals surface area contributed by atoms with Gasteiger partial charge >= 0.3 is 0 Å². The number of hydrogen-bond acceptors (Lipinski definition) is 5. The second kappa shape index (κ2) is 9.61. The minimum atomic E-state index is -0.674. The van der Waals surface area contributed by atoms with Gasteiger partial charge in [-0.2, -0.15) is 0 Å². The topological polar surface area (TPSA) is 120 Å². The van der Waals surface area contributed by atoms with Crippen molar-refractivity contribution < 1.29 is 23.9 Å². The highest BCUT2D eigenvalue weighted by atomic mass is 35.5. The van der Waals surface area contributed by atoms with Crippen molar-refractivity contribution in [3.05, 3.63) is 52.5 Å². The van der Waals surface area contributed by atoms with Gasteiger partial charge in [0.25, 0.3) is 17.7 Å². The van der Waals surface area contributed by atoms with Gasteiger partial charge < -0.3 is 25.8 Å². The van der Waals surface area contributed by atoms with E-state index >= 15 is 0 Å². The van der Waals surface area contributed by atoms with Crippen molar-refractivity contribution >= 4 is 35.0 Å². The lowest BCUT2D eigenvalue weighted by molar-refractivity contribution is -0.119. The van der Waals surface area contributed by atoms with Gasteiger partial charge in [0.15, 0.2) is 18.1 Å². The molecule has 148 valence electrons. The van der Waals surface area contributed by atoms with Crippen LogP contribution in [0.4, 0.5) is 5.69 Å². The largest absolute Gasteiger partial charge is 0.493 e. The molecule has 8 nitrogen and oxygen atoms in total. The number of methoxy groups -OCH3 is 1. The molecule has 0 aromatic heterocycles. The Hall–Kier alpha value is -3.26. The van der Waals surface area contributed by atoms with Gasteiger partial charge in [-0.15, -0.1) is 0 Å². The summed E-state index contributed by atoms with van der Waals surface area (Å²) in [4.78, 5) is 35.4. The van der Waals surface area contributed by atoms with Crippen molar-refractivity contribution in [1.29, 1.82) is 0 Å². The molecule has 0 atom stereocenters. The summed E-state index contributed by atoms with van der Waals surface area (Å²) < 4.78 is 10.4. The molecule has 2 aromatic carbocycles. The summed E-state index contributed by atoms with van der Waals surface area (Å²) in [5.74, 6) is -1.09. The Morgan fingerprint density at radius 3 is 2.50 bits per heavy atom. The van der Waals surface area contributed by atoms with Crippen LogP contribution in [0.5, 0.6) is 11.5 Å². The number of carbonyl (C=O) groups is 3. The molecule has 0 saturated heterocycles. The van der Waals surface area contributed by atoms with E-state index in [2.05, 4.69) is 10.6 Å². The van der Waals surface area contributed by atoms with Crippen LogP contribution in [0.1, 0.15) is 27.6 Å². The smallest absolute Gasteiger partial charge is 0.255 e. The number of ether oxygens (including phenoxy) is 2. The molecule has 2 rings (SSSR count). The van der Waals surface area contributed by atoms with Crippen molar-refractivity contribution in [2.45, 2.75) is 6.92 Å². The molecule has 0 aliphatic carbocycles. The van der Waals surface area contributed by atoms with Crippen LogP contribution < -0.4 is 25.8 Å². The molecular weight excluding hydrogens is 386 g/mol. The lowest BCUT2D eigenvalue weighted by atomic mass is 10.1. The van der Waals surface area contributed by atoms with Gasteiger partial charge in [0.2, 0.25) is 0 Å². The van der Waals surface area contributed by atoms with Crippen molar-refractivity contribution in [1.82, 2.24) is 5.32 Å². The summed E-state index contributed by atoms with van der Waals surface area (Å²) in [5, 5.41) is 5.47. The number of halogens is 1. The monoisotopic (exact) mass is 405 g/mol. The number of hydrogen-bond donors (Lipinski definition) is 3. The minimum absolute atomic E-state index is 0.0850. The fourth-order valence-electron chi connectivity index (χ4n) is 2.34. The summed E-state index contributed by atoms with van der Waals surface area (Å²) >= 11 is 6.16. The predicted molar refractivity (Wildman–Crippen MR) is 105 cm³/mol. The molecule has 3 amide bonds. The Morgan fingerprint density at radius 2 is 1.86 bits per heavy atom. The SMILES string of the molecule is CCNC(=O)c1cccc(NC(=O)c2cc(Cl)c(OCC(N)=O)c(OC)c2)c1. The second-order valence-electron chi connectivity index (χ2n) is 5.64. The van der Waals surface area contributed by atoms with Crippen LogP contribution in [0.25, 0.3) is 0 Å². The number of nitrogens with two attached hydrogens (primary N) is 1. The maximum Gasteiger partial charge on any atom is 0.255 e. The second-order valence-corrected chi connectivity index (χ2v) is 6.05. The Balaban J connectivity index is 2.22. The number of nitrogens with one attached hydrogen (secondary N) is 2. The molecule has 9 heteroatoms. The van der Waals surface area contributed by atoms with Crippen LogP contribution in [-0.2, 0) is 4.79 Å². The maximum absolute atomic E-state index is 12.6. The van der Waals surface area contributed by atoms with Crippen molar-refractivity contribution in [3.8, 4) is 11.5 Å². The molecule has 4 N–H and O–H groups in total. The van der Waals surface area contributed by atoms with Gasteiger partial charge in [0.05, 0.1) is 12.1 Å². The first-order valence-electron chi connectivity index (χ1n) is 8.34. The fraction of sp³-hybridized carbons (Fsp3) is 0.211. The first-order chi connectivity index (χ1) is 13.3. The van der Waals surface area contributed by atoms with E-state index < -0.39 is 11.8 Å². The molecule has 0 saturated carbocycles. The Labute approximate surface area is 166 Å². The molecule has 0 aliphatic rings. The summed E-state index contributed by atoms with van der Waals surface area (Å²) in [5.41, 5.74) is 6.13. The number of benzene rings is 2. The molecule has 0 fully saturated rings. The van der Waals surface area contributed by atoms with Crippen LogP contribution in [0.15, 0.2) is 36.4 Å². The Bertz CT molecular complexity index is 901. The average molecular weight is 406 g/mol. The number of amides is 3. The molecule has 28 heavy (non-hydrogen) atoms. The molecular formula is C19H20ClN3O5. The van der Waals surface area contributed by atoms with Gasteiger partial charge in [0.1, 0.15) is 0 Å². The average Bonchev–Trinajstić information content (AvgIpc) is 2.66. The quantitative estimate of drug-likeness (QED) is 0.622. The number of primary amides is 1. The molecule has 0 spiro atoms. The van der Waals surface area contributed by atoms with E-state index in [-0.39, 0.29) is 34.6 Å². The van der Waals surface area contributed by atoms with Crippen LogP contribution in [0.2, 0.25) is 5.02 Å². The van der Waals surface area contributed by atoms with Gasteiger partial charge in [-0.05, 0) is 37.3 Å². The van der Waals surface area contributed by atoms with Crippen molar-refractivity contribution in [2.24, 2.45) is 5.73 Å². The van der Waals surface area contributed by atoms with E-state index in [1.807, 2.05) is 6.92 Å². The Morgan fingerprint density at radius 1 is 1.11 bits per heavy atom. The highest BCUT2D eigenvalue weighted by Crippen LogP contribution is 2.36. The standard InChI is InChI=1S/C19H20ClN3O5/c1-3-22-18(25)11-5-4-6-13(7-11)23-19(26)12-8-14(20)17(15(9-12)27-2)28-10-16(21)24/h4-9H,3,10H2,1-2H3,(H2,21,24)(H,22,25)(H,23,26). The van der Waals surface area contributed by atoms with E-state index in [0.717, 1.165) is 0 Å². The number of rotatable bonds is 8. The summed E-state index contributed by atoms with van der Waals surface area (Å²) in [6.45, 7) is 1.93. The molecule has 0 unspecified atom stereocenters. The van der Waals surface area contributed by atoms with E-state index in [0.29, 0.717) is 17.8 Å². The van der Waals surface area contributed by atoms with E-state index in [1.165, 1.54) is 19.2 Å². The van der Waals surface area contributed by atoms with E-state index in [1.54, 1.807) is 24.3 Å². The maximum atomic E-state index is 12.6. The molecule has 0 radical (unpaired) electrons. The third kappa shape index (κ3) is 5.37. The normalized spacial score (nSPS) is 10.1. The van der Waals surface area contributed by atoms with Crippen molar-refractivity contribution in [2.75, 3.05) is 25.6 Å². The predicted octanol–water partition coefficient (Wildman–Crippen LogP) is 2.21. The highest BCUT2D eigenvalue weighted by molar-refractivity contribution is 6.32. The highest BCUT2D eigenvalue weighted by Gasteiger charge is 2.17. The van der Waals surface area contributed by atoms with Crippen LogP contribution >= 0.6 is 11.6 Å². The van der Waals surface area contributed by atoms with Crippen LogP contribution in [0, 0.1) is 0 Å². The third-order valence-electron chi connectivity index (χ3n) is 3.57. The van der Waals surface area contributed by atoms with Crippen molar-refractivity contribution in [3.63, 3.8) is 0 Å². The fourth-order valence-corrected chi connectivity index (χ4v) is 2.60. The Kier molecular flexibility index (Phi) is 7.22. The zero-order valence-electron chi connectivity index (χ0n) is 15.4. The molecule has 0 aliphatic heterocycles. The zero-order chi connectivity index (χ0) is 20.7.